The third-order valence-corrected chi connectivity index (χ3v) is 6.05. The second-order valence-electron chi connectivity index (χ2n) is 7.19. The van der Waals surface area contributed by atoms with Gasteiger partial charge in [-0.15, -0.1) is 11.8 Å². The number of carboxylic acid groups (broad SMARTS) is 3. The maximum Gasteiger partial charge on any atom is 0.337 e. The Morgan fingerprint density at radius 2 is 1.33 bits per heavy atom. The molecule has 10 nitrogen and oxygen atoms in total. The van der Waals surface area contributed by atoms with Crippen molar-refractivity contribution in [2.75, 3.05) is 16.4 Å². The average molecular weight is 529 g/mol. The number of carbonyl (C=O) groups excluding carboxylic acids is 2. The number of aromatic carboxylic acids is 3. The summed E-state index contributed by atoms with van der Waals surface area (Å²) in [6.07, 6.45) is 0. The Balaban J connectivity index is 1.60. The highest BCUT2D eigenvalue weighted by Gasteiger charge is 2.19. The molecule has 0 aromatic heterocycles. The van der Waals surface area contributed by atoms with Crippen LogP contribution >= 0.6 is 23.4 Å². The topological polar surface area (TPSA) is 170 Å². The number of rotatable bonds is 9. The van der Waals surface area contributed by atoms with Crippen LogP contribution in [-0.2, 0) is 4.79 Å². The lowest BCUT2D eigenvalue weighted by Crippen LogP contribution is -2.17. The quantitative estimate of drug-likeness (QED) is 0.252. The third-order valence-electron chi connectivity index (χ3n) is 4.70. The van der Waals surface area contributed by atoms with Crippen LogP contribution in [0.5, 0.6) is 0 Å². The first-order valence-electron chi connectivity index (χ1n) is 10.0. The van der Waals surface area contributed by atoms with Gasteiger partial charge in [-0.1, -0.05) is 11.6 Å². The van der Waals surface area contributed by atoms with Crippen molar-refractivity contribution in [2.45, 2.75) is 4.90 Å². The lowest BCUT2D eigenvalue weighted by molar-refractivity contribution is -0.113. The monoisotopic (exact) mass is 528 g/mol. The SMILES string of the molecule is O=C(CSc1ccc(NC(=O)c2ccc(C(=O)O)cc2C(=O)O)cc1)Nc1ccc(Cl)c(C(=O)O)c1. The number of hydrogen-bond donors (Lipinski definition) is 5. The normalized spacial score (nSPS) is 10.4. The second-order valence-corrected chi connectivity index (χ2v) is 8.64. The summed E-state index contributed by atoms with van der Waals surface area (Å²) in [6, 6.07) is 13.7. The summed E-state index contributed by atoms with van der Waals surface area (Å²) in [4.78, 5) is 59.2. The summed E-state index contributed by atoms with van der Waals surface area (Å²) in [5.41, 5.74) is -0.383. The lowest BCUT2D eigenvalue weighted by Gasteiger charge is -2.10. The largest absolute Gasteiger partial charge is 0.478 e. The zero-order chi connectivity index (χ0) is 26.4. The van der Waals surface area contributed by atoms with Crippen molar-refractivity contribution in [1.82, 2.24) is 0 Å². The first kappa shape index (κ1) is 26.3. The molecule has 0 unspecified atom stereocenters. The molecule has 0 fully saturated rings. The van der Waals surface area contributed by atoms with Crippen molar-refractivity contribution in [3.63, 3.8) is 0 Å². The number of halogens is 1. The van der Waals surface area contributed by atoms with Gasteiger partial charge in [-0.25, -0.2) is 14.4 Å². The van der Waals surface area contributed by atoms with E-state index in [0.717, 1.165) is 18.2 Å². The summed E-state index contributed by atoms with van der Waals surface area (Å²) in [5.74, 6) is -5.05. The molecule has 5 N–H and O–H groups in total. The van der Waals surface area contributed by atoms with Gasteiger partial charge in [-0.3, -0.25) is 9.59 Å². The minimum Gasteiger partial charge on any atom is -0.478 e. The third kappa shape index (κ3) is 6.62. The van der Waals surface area contributed by atoms with Gasteiger partial charge in [0.2, 0.25) is 5.91 Å². The van der Waals surface area contributed by atoms with Crippen molar-refractivity contribution in [3.8, 4) is 0 Å². The molecule has 36 heavy (non-hydrogen) atoms. The number of hydrogen-bond acceptors (Lipinski definition) is 6. The minimum atomic E-state index is -1.44. The Morgan fingerprint density at radius 3 is 1.94 bits per heavy atom. The molecule has 0 saturated heterocycles. The highest BCUT2D eigenvalue weighted by molar-refractivity contribution is 8.00. The maximum absolute atomic E-state index is 12.6. The van der Waals surface area contributed by atoms with Crippen LogP contribution in [0.3, 0.4) is 0 Å². The van der Waals surface area contributed by atoms with E-state index < -0.39 is 29.4 Å². The van der Waals surface area contributed by atoms with E-state index >= 15 is 0 Å². The first-order valence-corrected chi connectivity index (χ1v) is 11.4. The van der Waals surface area contributed by atoms with E-state index in [1.54, 1.807) is 24.3 Å². The average Bonchev–Trinajstić information content (AvgIpc) is 2.84. The smallest absolute Gasteiger partial charge is 0.337 e. The zero-order valence-electron chi connectivity index (χ0n) is 18.1. The van der Waals surface area contributed by atoms with E-state index in [-0.39, 0.29) is 39.1 Å². The molecule has 0 saturated carbocycles. The Labute approximate surface area is 212 Å². The molecule has 0 spiro atoms. The molecule has 12 heteroatoms. The number of benzene rings is 3. The fourth-order valence-corrected chi connectivity index (χ4v) is 3.89. The van der Waals surface area contributed by atoms with Crippen LogP contribution in [0.2, 0.25) is 5.02 Å². The molecule has 2 amide bonds. The molecule has 3 rings (SSSR count). The number of amides is 2. The van der Waals surface area contributed by atoms with Gasteiger partial charge in [0.1, 0.15) is 0 Å². The Hall–Kier alpha value is -4.35. The number of thioether (sulfide) groups is 1. The van der Waals surface area contributed by atoms with E-state index in [4.69, 9.17) is 21.8 Å². The molecule has 3 aromatic carbocycles. The fourth-order valence-electron chi connectivity index (χ4n) is 3.00. The van der Waals surface area contributed by atoms with Crippen molar-refractivity contribution in [2.24, 2.45) is 0 Å². The Bertz CT molecular complexity index is 1380. The van der Waals surface area contributed by atoms with E-state index in [1.165, 1.54) is 30.0 Å². The number of carboxylic acids is 3. The minimum absolute atomic E-state index is 0.0225. The van der Waals surface area contributed by atoms with E-state index in [9.17, 15) is 29.1 Å². The fraction of sp³-hybridized carbons (Fsp3) is 0.0417. The zero-order valence-corrected chi connectivity index (χ0v) is 19.7. The van der Waals surface area contributed by atoms with Gasteiger partial charge in [-0.2, -0.15) is 0 Å². The van der Waals surface area contributed by atoms with E-state index in [0.29, 0.717) is 10.6 Å². The van der Waals surface area contributed by atoms with Crippen LogP contribution in [0.4, 0.5) is 11.4 Å². The van der Waals surface area contributed by atoms with Crippen molar-refractivity contribution in [3.05, 3.63) is 87.9 Å². The summed E-state index contributed by atoms with van der Waals surface area (Å²) >= 11 is 7.01. The Morgan fingerprint density at radius 1 is 0.694 bits per heavy atom. The van der Waals surface area contributed by atoms with Crippen molar-refractivity contribution < 1.29 is 39.3 Å². The predicted molar refractivity (Wildman–Crippen MR) is 133 cm³/mol. The number of carbonyl (C=O) groups is 5. The maximum atomic E-state index is 12.6. The predicted octanol–water partition coefficient (Wildman–Crippen LogP) is 4.42. The van der Waals surface area contributed by atoms with Crippen LogP contribution < -0.4 is 10.6 Å². The van der Waals surface area contributed by atoms with Crippen LogP contribution in [-0.4, -0.2) is 50.8 Å². The van der Waals surface area contributed by atoms with Gasteiger partial charge in [-0.05, 0) is 60.7 Å². The second kappa shape index (κ2) is 11.4. The van der Waals surface area contributed by atoms with Gasteiger partial charge >= 0.3 is 17.9 Å². The Kier molecular flexibility index (Phi) is 8.30. The molecule has 0 atom stereocenters. The first-order chi connectivity index (χ1) is 17.0. The highest BCUT2D eigenvalue weighted by atomic mass is 35.5. The molecular formula is C24H17ClN2O8S. The molecule has 0 aliphatic heterocycles. The summed E-state index contributed by atoms with van der Waals surface area (Å²) in [5, 5.41) is 32.7. The molecule has 0 heterocycles. The van der Waals surface area contributed by atoms with Crippen LogP contribution in [0.1, 0.15) is 41.4 Å². The molecule has 0 aliphatic rings. The van der Waals surface area contributed by atoms with Crippen molar-refractivity contribution >= 4 is 64.5 Å². The van der Waals surface area contributed by atoms with Gasteiger partial charge in [0.15, 0.2) is 0 Å². The summed E-state index contributed by atoms with van der Waals surface area (Å²) in [6.45, 7) is 0. The molecular weight excluding hydrogens is 512 g/mol. The van der Waals surface area contributed by atoms with Crippen molar-refractivity contribution in [1.29, 1.82) is 0 Å². The van der Waals surface area contributed by atoms with E-state index in [1.807, 2.05) is 0 Å². The van der Waals surface area contributed by atoms with Gasteiger partial charge in [0, 0.05) is 16.3 Å². The lowest BCUT2D eigenvalue weighted by atomic mass is 10.0. The molecule has 0 radical (unpaired) electrons. The van der Waals surface area contributed by atoms with Gasteiger partial charge in [0.05, 0.1) is 33.0 Å². The summed E-state index contributed by atoms with van der Waals surface area (Å²) in [7, 11) is 0. The van der Waals surface area contributed by atoms with Gasteiger partial charge in [0.25, 0.3) is 5.91 Å². The molecule has 0 bridgehead atoms. The standard InChI is InChI=1S/C24H17ClN2O8S/c25-19-8-4-14(10-18(19)24(34)35)26-20(28)11-36-15-5-2-13(3-6-15)27-21(29)16-7-1-12(22(30)31)9-17(16)23(32)33/h1-10H,11H2,(H,26,28)(H,27,29)(H,30,31)(H,32,33)(H,34,35). The van der Waals surface area contributed by atoms with Crippen LogP contribution in [0, 0.1) is 0 Å². The number of nitrogens with one attached hydrogen (secondary N) is 2. The molecule has 0 aliphatic carbocycles. The number of anilines is 2. The van der Waals surface area contributed by atoms with E-state index in [2.05, 4.69) is 10.6 Å². The molecule has 184 valence electrons. The highest BCUT2D eigenvalue weighted by Crippen LogP contribution is 2.23. The van der Waals surface area contributed by atoms with Crippen LogP contribution in [0.25, 0.3) is 0 Å². The summed E-state index contributed by atoms with van der Waals surface area (Å²) < 4.78 is 0. The van der Waals surface area contributed by atoms with Gasteiger partial charge < -0.3 is 26.0 Å². The molecule has 3 aromatic rings. The van der Waals surface area contributed by atoms with Crippen LogP contribution in [0.15, 0.2) is 65.6 Å².